The van der Waals surface area contributed by atoms with Crippen LogP contribution in [-0.4, -0.2) is 47.3 Å². The molecule has 2 heterocycles. The molecule has 1 aliphatic carbocycles. The van der Waals surface area contributed by atoms with E-state index < -0.39 is 5.60 Å². The smallest absolute Gasteiger partial charge is 0.251 e. The Morgan fingerprint density at radius 3 is 2.56 bits per heavy atom. The molecule has 2 saturated heterocycles. The van der Waals surface area contributed by atoms with Gasteiger partial charge in [-0.05, 0) is 38.0 Å². The van der Waals surface area contributed by atoms with Gasteiger partial charge in [-0.25, -0.2) is 0 Å². The van der Waals surface area contributed by atoms with Gasteiger partial charge in [0.05, 0.1) is 13.1 Å². The summed E-state index contributed by atoms with van der Waals surface area (Å²) >= 11 is 0. The summed E-state index contributed by atoms with van der Waals surface area (Å²) in [6.45, 7) is 1.75. The first kappa shape index (κ1) is 10.5. The standard InChI is InChI=1S/C12H19NO3/c14-11(10-3-1-2-6-16-10)13-7-12(15,8-13)9-4-5-9/h9-10,15H,1-8H2. The van der Waals surface area contributed by atoms with E-state index in [1.165, 1.54) is 0 Å². The van der Waals surface area contributed by atoms with E-state index in [1.807, 2.05) is 0 Å². The molecule has 0 aromatic heterocycles. The maximum Gasteiger partial charge on any atom is 0.251 e. The molecule has 0 aromatic carbocycles. The van der Waals surface area contributed by atoms with Crippen LogP contribution in [0.3, 0.4) is 0 Å². The number of carbonyl (C=O) groups excluding carboxylic acids is 1. The fourth-order valence-electron chi connectivity index (χ4n) is 2.79. The van der Waals surface area contributed by atoms with Crippen LogP contribution in [-0.2, 0) is 9.53 Å². The number of amides is 1. The average molecular weight is 225 g/mol. The zero-order valence-electron chi connectivity index (χ0n) is 9.52. The van der Waals surface area contributed by atoms with Gasteiger partial charge in [-0.2, -0.15) is 0 Å². The summed E-state index contributed by atoms with van der Waals surface area (Å²) < 4.78 is 5.47. The van der Waals surface area contributed by atoms with Gasteiger partial charge in [-0.15, -0.1) is 0 Å². The maximum atomic E-state index is 12.0. The molecule has 2 aliphatic heterocycles. The highest BCUT2D eigenvalue weighted by molar-refractivity contribution is 5.82. The van der Waals surface area contributed by atoms with Gasteiger partial charge in [0, 0.05) is 6.61 Å². The maximum absolute atomic E-state index is 12.0. The molecule has 3 aliphatic rings. The van der Waals surface area contributed by atoms with E-state index in [4.69, 9.17) is 4.74 Å². The van der Waals surface area contributed by atoms with Crippen molar-refractivity contribution in [2.75, 3.05) is 19.7 Å². The van der Waals surface area contributed by atoms with Crippen molar-refractivity contribution in [1.82, 2.24) is 4.90 Å². The first-order valence-corrected chi connectivity index (χ1v) is 6.32. The number of hydrogen-bond acceptors (Lipinski definition) is 3. The highest BCUT2D eigenvalue weighted by atomic mass is 16.5. The monoisotopic (exact) mass is 225 g/mol. The van der Waals surface area contributed by atoms with Crippen LogP contribution < -0.4 is 0 Å². The predicted octanol–water partition coefficient (Wildman–Crippen LogP) is 0.539. The summed E-state index contributed by atoms with van der Waals surface area (Å²) in [7, 11) is 0. The molecule has 1 saturated carbocycles. The van der Waals surface area contributed by atoms with E-state index in [0.29, 0.717) is 25.6 Å². The third-order valence-corrected chi connectivity index (χ3v) is 4.03. The first-order valence-electron chi connectivity index (χ1n) is 6.32. The zero-order valence-corrected chi connectivity index (χ0v) is 9.52. The predicted molar refractivity (Wildman–Crippen MR) is 57.8 cm³/mol. The molecule has 0 spiro atoms. The Balaban J connectivity index is 1.53. The van der Waals surface area contributed by atoms with E-state index in [0.717, 1.165) is 32.1 Å². The second kappa shape index (κ2) is 3.70. The Labute approximate surface area is 95.6 Å². The van der Waals surface area contributed by atoms with Crippen molar-refractivity contribution >= 4 is 5.91 Å². The minimum absolute atomic E-state index is 0.0880. The number of nitrogens with zero attached hydrogens (tertiary/aromatic N) is 1. The number of aliphatic hydroxyl groups is 1. The highest BCUT2D eigenvalue weighted by Gasteiger charge is 2.53. The van der Waals surface area contributed by atoms with Crippen molar-refractivity contribution in [2.24, 2.45) is 5.92 Å². The van der Waals surface area contributed by atoms with Crippen molar-refractivity contribution < 1.29 is 14.6 Å². The topological polar surface area (TPSA) is 49.8 Å². The molecule has 0 bridgehead atoms. The summed E-state index contributed by atoms with van der Waals surface area (Å²) in [5.74, 6) is 0.536. The fourth-order valence-corrected chi connectivity index (χ4v) is 2.79. The van der Waals surface area contributed by atoms with Crippen LogP contribution in [0.5, 0.6) is 0 Å². The van der Waals surface area contributed by atoms with E-state index >= 15 is 0 Å². The van der Waals surface area contributed by atoms with Crippen LogP contribution >= 0.6 is 0 Å². The molecule has 4 heteroatoms. The SMILES string of the molecule is O=C(C1CCCCO1)N1CC(O)(C2CC2)C1. The van der Waals surface area contributed by atoms with Gasteiger partial charge >= 0.3 is 0 Å². The van der Waals surface area contributed by atoms with Gasteiger partial charge in [-0.1, -0.05) is 0 Å². The molecule has 4 nitrogen and oxygen atoms in total. The lowest BCUT2D eigenvalue weighted by atomic mass is 9.88. The van der Waals surface area contributed by atoms with Crippen LogP contribution in [0.25, 0.3) is 0 Å². The van der Waals surface area contributed by atoms with Crippen molar-refractivity contribution in [2.45, 2.75) is 43.8 Å². The minimum Gasteiger partial charge on any atom is -0.386 e. The van der Waals surface area contributed by atoms with Gasteiger partial charge < -0.3 is 14.7 Å². The summed E-state index contributed by atoms with van der Waals surface area (Å²) in [4.78, 5) is 13.8. The normalized spacial score (nSPS) is 33.3. The zero-order chi connectivity index (χ0) is 11.2. The van der Waals surface area contributed by atoms with E-state index in [2.05, 4.69) is 0 Å². The lowest BCUT2D eigenvalue weighted by Gasteiger charge is -2.48. The molecule has 1 unspecified atom stereocenters. The van der Waals surface area contributed by atoms with Crippen molar-refractivity contribution in [3.8, 4) is 0 Å². The van der Waals surface area contributed by atoms with Crippen LogP contribution in [0.4, 0.5) is 0 Å². The fraction of sp³-hybridized carbons (Fsp3) is 0.917. The van der Waals surface area contributed by atoms with E-state index in [9.17, 15) is 9.90 Å². The summed E-state index contributed by atoms with van der Waals surface area (Å²) in [6, 6.07) is 0. The average Bonchev–Trinajstić information content (AvgIpc) is 3.09. The molecule has 1 N–H and O–H groups in total. The van der Waals surface area contributed by atoms with Gasteiger partial charge in [0.2, 0.25) is 0 Å². The highest BCUT2D eigenvalue weighted by Crippen LogP contribution is 2.44. The Kier molecular flexibility index (Phi) is 2.44. The molecule has 0 radical (unpaired) electrons. The Morgan fingerprint density at radius 2 is 2.00 bits per heavy atom. The van der Waals surface area contributed by atoms with Crippen LogP contribution in [0.2, 0.25) is 0 Å². The van der Waals surface area contributed by atoms with E-state index in [-0.39, 0.29) is 12.0 Å². The Bertz CT molecular complexity index is 289. The lowest BCUT2D eigenvalue weighted by molar-refractivity contribution is -0.172. The van der Waals surface area contributed by atoms with Gasteiger partial charge in [0.25, 0.3) is 5.91 Å². The second-order valence-electron chi connectivity index (χ2n) is 5.43. The van der Waals surface area contributed by atoms with Gasteiger partial charge in [0.1, 0.15) is 11.7 Å². The number of carbonyl (C=O) groups is 1. The molecule has 90 valence electrons. The molecule has 1 atom stereocenters. The molecular formula is C12H19NO3. The third-order valence-electron chi connectivity index (χ3n) is 4.03. The number of likely N-dealkylation sites (tertiary alicyclic amines) is 1. The van der Waals surface area contributed by atoms with Crippen LogP contribution in [0.1, 0.15) is 32.1 Å². The van der Waals surface area contributed by atoms with Gasteiger partial charge in [0.15, 0.2) is 0 Å². The van der Waals surface area contributed by atoms with E-state index in [1.54, 1.807) is 4.90 Å². The summed E-state index contributed by atoms with van der Waals surface area (Å²) in [5, 5.41) is 10.1. The largest absolute Gasteiger partial charge is 0.386 e. The summed E-state index contributed by atoms with van der Waals surface area (Å²) in [6.07, 6.45) is 5.00. The first-order chi connectivity index (χ1) is 7.69. The molecular weight excluding hydrogens is 206 g/mol. The summed E-state index contributed by atoms with van der Waals surface area (Å²) in [5.41, 5.74) is -0.565. The molecule has 0 aromatic rings. The third kappa shape index (κ3) is 1.74. The number of rotatable bonds is 2. The number of ether oxygens (including phenoxy) is 1. The molecule has 3 rings (SSSR count). The molecule has 3 fully saturated rings. The number of β-amino-alcohol motifs (C(OH)–C–C–N with tert-alkyl or cyclic N) is 1. The number of hydrogen-bond donors (Lipinski definition) is 1. The quantitative estimate of drug-likeness (QED) is 0.746. The van der Waals surface area contributed by atoms with Crippen molar-refractivity contribution in [3.63, 3.8) is 0 Å². The minimum atomic E-state index is -0.565. The Morgan fingerprint density at radius 1 is 1.25 bits per heavy atom. The lowest BCUT2D eigenvalue weighted by Crippen LogP contribution is -2.66. The van der Waals surface area contributed by atoms with Gasteiger partial charge in [-0.3, -0.25) is 4.79 Å². The van der Waals surface area contributed by atoms with Crippen molar-refractivity contribution in [1.29, 1.82) is 0 Å². The van der Waals surface area contributed by atoms with Crippen LogP contribution in [0.15, 0.2) is 0 Å². The second-order valence-corrected chi connectivity index (χ2v) is 5.43. The van der Waals surface area contributed by atoms with Crippen molar-refractivity contribution in [3.05, 3.63) is 0 Å². The Hall–Kier alpha value is -0.610. The molecule has 16 heavy (non-hydrogen) atoms. The molecule has 1 amide bonds. The van der Waals surface area contributed by atoms with Crippen LogP contribution in [0, 0.1) is 5.92 Å².